The molecule has 0 radical (unpaired) electrons. The third-order valence-corrected chi connectivity index (χ3v) is 5.89. The molecule has 1 atom stereocenters. The first kappa shape index (κ1) is 23.1. The molecule has 1 aromatic carbocycles. The molecular weight excluding hydrogens is 447 g/mol. The van der Waals surface area contributed by atoms with Crippen LogP contribution in [0.15, 0.2) is 29.2 Å². The van der Waals surface area contributed by atoms with Crippen LogP contribution < -0.4 is 10.5 Å². The number of carbonyl (C=O) groups excluding carboxylic acids is 1. The number of nitrogens with two attached hydrogens (primary N) is 1. The Morgan fingerprint density at radius 1 is 1.35 bits per heavy atom. The molecule has 1 amide bonds. The minimum atomic E-state index is -4.92. The highest BCUT2D eigenvalue weighted by Gasteiger charge is 2.43. The number of aromatic nitrogens is 2. The van der Waals surface area contributed by atoms with Crippen LogP contribution in [0.2, 0.25) is 0 Å². The van der Waals surface area contributed by atoms with E-state index in [1.165, 1.54) is 12.1 Å². The maximum Gasteiger partial charge on any atom is 0.420 e. The smallest absolute Gasteiger partial charge is 0.321 e. The highest BCUT2D eigenvalue weighted by atomic mass is 32.2. The van der Waals surface area contributed by atoms with Crippen LogP contribution in [-0.4, -0.2) is 30.0 Å². The average Bonchev–Trinajstić information content (AvgIpc) is 3.13. The van der Waals surface area contributed by atoms with Crippen molar-refractivity contribution in [2.45, 2.75) is 49.7 Å². The second-order valence-electron chi connectivity index (χ2n) is 7.48. The molecule has 0 aliphatic heterocycles. The number of alkyl halides is 5. The van der Waals surface area contributed by atoms with Crippen molar-refractivity contribution >= 4 is 21.6 Å². The Bertz CT molecular complexity index is 1110. The number of nitrogens with one attached hydrogen (secondary N) is 1. The van der Waals surface area contributed by atoms with Gasteiger partial charge >= 0.3 is 6.18 Å². The summed E-state index contributed by atoms with van der Waals surface area (Å²) in [5.41, 5.74) is -2.69. The molecule has 1 fully saturated rings. The van der Waals surface area contributed by atoms with E-state index in [1.54, 1.807) is 0 Å². The van der Waals surface area contributed by atoms with Crippen LogP contribution in [0.3, 0.4) is 0 Å². The summed E-state index contributed by atoms with van der Waals surface area (Å²) >= 11 is 0. The summed E-state index contributed by atoms with van der Waals surface area (Å²) in [5, 5.41) is 11.0. The Hall–Kier alpha value is -2.54. The van der Waals surface area contributed by atoms with Gasteiger partial charge in [-0.15, -0.1) is 0 Å². The van der Waals surface area contributed by atoms with E-state index in [2.05, 4.69) is 10.4 Å². The van der Waals surface area contributed by atoms with Crippen LogP contribution in [0, 0.1) is 12.8 Å². The SMILES string of the molecule is Cc1nn(CC2CCC(F)(F)C2)c(C(=O)Nc2cccc(S(N)(=O)=O)c2)c1C(F)(F)F. The van der Waals surface area contributed by atoms with Crippen LogP contribution in [0.5, 0.6) is 0 Å². The lowest BCUT2D eigenvalue weighted by molar-refractivity contribution is -0.138. The first-order valence-electron chi connectivity index (χ1n) is 9.14. The predicted octanol–water partition coefficient (Wildman–Crippen LogP) is 3.55. The standard InChI is InChI=1S/C18H19F5N4O3S/c1-10-14(18(21,22)23)15(27(26-10)9-11-5-6-17(19,20)8-11)16(28)25-12-3-2-4-13(7-12)31(24,29)30/h2-4,7,11H,5-6,8-9H2,1H3,(H,25,28)(H2,24,29,30). The van der Waals surface area contributed by atoms with Crippen LogP contribution >= 0.6 is 0 Å². The van der Waals surface area contributed by atoms with Gasteiger partial charge in [-0.3, -0.25) is 9.48 Å². The summed E-state index contributed by atoms with van der Waals surface area (Å²) in [4.78, 5) is 12.4. The minimum absolute atomic E-state index is 0.0880. The Balaban J connectivity index is 1.97. The molecule has 1 aromatic heterocycles. The van der Waals surface area contributed by atoms with Crippen molar-refractivity contribution in [3.05, 3.63) is 41.2 Å². The minimum Gasteiger partial charge on any atom is -0.321 e. The summed E-state index contributed by atoms with van der Waals surface area (Å²) in [6.07, 6.45) is -5.72. The number of carbonyl (C=O) groups is 1. The van der Waals surface area contributed by atoms with Crippen molar-refractivity contribution < 1.29 is 35.2 Å². The first-order chi connectivity index (χ1) is 14.2. The molecule has 31 heavy (non-hydrogen) atoms. The van der Waals surface area contributed by atoms with E-state index < -0.39 is 57.3 Å². The molecule has 0 spiro atoms. The van der Waals surface area contributed by atoms with Gasteiger partial charge in [0, 0.05) is 25.1 Å². The van der Waals surface area contributed by atoms with E-state index in [0.29, 0.717) is 0 Å². The van der Waals surface area contributed by atoms with E-state index in [-0.39, 0.29) is 30.0 Å². The van der Waals surface area contributed by atoms with Crippen molar-refractivity contribution in [1.82, 2.24) is 9.78 Å². The van der Waals surface area contributed by atoms with Crippen LogP contribution in [-0.2, 0) is 22.7 Å². The lowest BCUT2D eigenvalue weighted by Crippen LogP contribution is -2.24. The molecule has 3 rings (SSSR count). The monoisotopic (exact) mass is 466 g/mol. The zero-order valence-corrected chi connectivity index (χ0v) is 17.0. The van der Waals surface area contributed by atoms with Gasteiger partial charge in [0.05, 0.1) is 10.6 Å². The van der Waals surface area contributed by atoms with Crippen molar-refractivity contribution in [2.24, 2.45) is 11.1 Å². The number of hydrogen-bond acceptors (Lipinski definition) is 4. The van der Waals surface area contributed by atoms with E-state index in [0.717, 1.165) is 23.7 Å². The fraction of sp³-hybridized carbons (Fsp3) is 0.444. The van der Waals surface area contributed by atoms with E-state index in [4.69, 9.17) is 5.14 Å². The second-order valence-corrected chi connectivity index (χ2v) is 9.04. The molecule has 1 saturated carbocycles. The van der Waals surface area contributed by atoms with Gasteiger partial charge in [0.1, 0.15) is 11.3 Å². The lowest BCUT2D eigenvalue weighted by atomic mass is 10.1. The van der Waals surface area contributed by atoms with Gasteiger partial charge in [-0.1, -0.05) is 6.07 Å². The number of hydrogen-bond donors (Lipinski definition) is 2. The molecule has 1 aliphatic rings. The van der Waals surface area contributed by atoms with Gasteiger partial charge in [-0.25, -0.2) is 22.3 Å². The van der Waals surface area contributed by atoms with Gasteiger partial charge in [-0.05, 0) is 37.5 Å². The van der Waals surface area contributed by atoms with Crippen LogP contribution in [0.4, 0.5) is 27.6 Å². The summed E-state index contributed by atoms with van der Waals surface area (Å²) in [7, 11) is -4.11. The fourth-order valence-corrected chi connectivity index (χ4v) is 4.23. The molecule has 7 nitrogen and oxygen atoms in total. The molecule has 3 N–H and O–H groups in total. The third kappa shape index (κ3) is 5.21. The number of benzene rings is 1. The largest absolute Gasteiger partial charge is 0.420 e. The Morgan fingerprint density at radius 2 is 2.03 bits per heavy atom. The molecular formula is C18H19F5N4O3S. The normalized spacial score (nSPS) is 18.9. The van der Waals surface area contributed by atoms with Gasteiger partial charge in [-0.2, -0.15) is 18.3 Å². The second kappa shape index (κ2) is 7.86. The number of primary sulfonamides is 1. The fourth-order valence-electron chi connectivity index (χ4n) is 3.67. The molecule has 1 heterocycles. The zero-order chi connectivity index (χ0) is 23.2. The Kier molecular flexibility index (Phi) is 5.86. The molecule has 13 heteroatoms. The quantitative estimate of drug-likeness (QED) is 0.658. The van der Waals surface area contributed by atoms with Gasteiger partial charge in [0.2, 0.25) is 15.9 Å². The van der Waals surface area contributed by atoms with Crippen molar-refractivity contribution in [3.8, 4) is 0 Å². The van der Waals surface area contributed by atoms with Crippen molar-refractivity contribution in [1.29, 1.82) is 0 Å². The van der Waals surface area contributed by atoms with Gasteiger partial charge in [0.25, 0.3) is 5.91 Å². The van der Waals surface area contributed by atoms with Crippen molar-refractivity contribution in [2.75, 3.05) is 5.32 Å². The van der Waals surface area contributed by atoms with Gasteiger partial charge < -0.3 is 5.32 Å². The molecule has 0 bridgehead atoms. The molecule has 0 saturated heterocycles. The van der Waals surface area contributed by atoms with Crippen LogP contribution in [0.25, 0.3) is 0 Å². The number of anilines is 1. The first-order valence-corrected chi connectivity index (χ1v) is 10.7. The maximum absolute atomic E-state index is 13.6. The predicted molar refractivity (Wildman–Crippen MR) is 100 cm³/mol. The number of amides is 1. The summed E-state index contributed by atoms with van der Waals surface area (Å²) in [6, 6.07) is 4.67. The van der Waals surface area contributed by atoms with E-state index in [1.807, 2.05) is 0 Å². The maximum atomic E-state index is 13.6. The Morgan fingerprint density at radius 3 is 2.58 bits per heavy atom. The summed E-state index contributed by atoms with van der Waals surface area (Å²) in [6.45, 7) is 0.785. The number of aryl methyl sites for hydroxylation is 1. The van der Waals surface area contributed by atoms with Gasteiger partial charge in [0.15, 0.2) is 0 Å². The number of sulfonamides is 1. The summed E-state index contributed by atoms with van der Waals surface area (Å²) in [5.74, 6) is -4.76. The topological polar surface area (TPSA) is 107 Å². The highest BCUT2D eigenvalue weighted by molar-refractivity contribution is 7.89. The molecule has 1 unspecified atom stereocenters. The van der Waals surface area contributed by atoms with E-state index in [9.17, 15) is 35.2 Å². The molecule has 1 aliphatic carbocycles. The number of halogens is 5. The number of nitrogens with zero attached hydrogens (tertiary/aromatic N) is 2. The van der Waals surface area contributed by atoms with Crippen LogP contribution in [0.1, 0.15) is 41.0 Å². The Labute approximate surface area is 174 Å². The average molecular weight is 466 g/mol. The number of rotatable bonds is 5. The van der Waals surface area contributed by atoms with E-state index >= 15 is 0 Å². The molecule has 2 aromatic rings. The lowest BCUT2D eigenvalue weighted by Gasteiger charge is -2.15. The van der Waals surface area contributed by atoms with Crippen molar-refractivity contribution in [3.63, 3.8) is 0 Å². The summed E-state index contributed by atoms with van der Waals surface area (Å²) < 4.78 is 91.6. The molecule has 170 valence electrons. The zero-order valence-electron chi connectivity index (χ0n) is 16.2. The highest BCUT2D eigenvalue weighted by Crippen LogP contribution is 2.41. The third-order valence-electron chi connectivity index (χ3n) is 4.98.